The summed E-state index contributed by atoms with van der Waals surface area (Å²) in [4.78, 5) is 17.3. The summed E-state index contributed by atoms with van der Waals surface area (Å²) in [5, 5.41) is 11.4. The van der Waals surface area contributed by atoms with Gasteiger partial charge in [0, 0.05) is 28.6 Å². The van der Waals surface area contributed by atoms with Crippen LogP contribution in [0.2, 0.25) is 0 Å². The van der Waals surface area contributed by atoms with E-state index in [0.29, 0.717) is 35.4 Å². The number of hydrogen-bond donors (Lipinski definition) is 1. The predicted octanol–water partition coefficient (Wildman–Crippen LogP) is 4.67. The molecule has 1 aliphatic carbocycles. The molecule has 4 rings (SSSR count). The maximum absolute atomic E-state index is 12.8. The Morgan fingerprint density at radius 3 is 2.81 bits per heavy atom. The molecule has 27 heavy (non-hydrogen) atoms. The van der Waals surface area contributed by atoms with Gasteiger partial charge in [0.15, 0.2) is 5.75 Å². The van der Waals surface area contributed by atoms with Gasteiger partial charge in [-0.25, -0.2) is 9.78 Å². The molecule has 140 valence electrons. The number of aliphatic hydroxyl groups is 1. The number of pyridine rings is 1. The lowest BCUT2D eigenvalue weighted by molar-refractivity contribution is 0.0692. The molecule has 3 aromatic rings. The molecule has 2 heterocycles. The molecule has 1 aliphatic rings. The maximum atomic E-state index is 12.8. The van der Waals surface area contributed by atoms with Crippen molar-refractivity contribution < 1.29 is 19.1 Å². The molecule has 5 nitrogen and oxygen atoms in total. The summed E-state index contributed by atoms with van der Waals surface area (Å²) in [5.41, 5.74) is 2.80. The largest absolute Gasteiger partial charge is 0.453 e. The van der Waals surface area contributed by atoms with Crippen LogP contribution in [0.25, 0.3) is 10.9 Å². The summed E-state index contributed by atoms with van der Waals surface area (Å²) in [6, 6.07) is 9.34. The molecule has 2 aromatic heterocycles. The van der Waals surface area contributed by atoms with Gasteiger partial charge in [0.2, 0.25) is 5.76 Å². The average Bonchev–Trinajstić information content (AvgIpc) is 2.90. The standard InChI is InChI=1S/C22H23NO4/c1-12-8-9-14-6-5-7-16(19(14)23-12)27-21(25)20-13(2)18-15(24)10-22(3,4)11-17(18)26-20/h5-9,15,24H,10-11H2,1-4H3. The van der Waals surface area contributed by atoms with Crippen molar-refractivity contribution in [1.29, 1.82) is 0 Å². The number of aromatic nitrogens is 1. The smallest absolute Gasteiger partial charge is 0.379 e. The zero-order valence-corrected chi connectivity index (χ0v) is 16.0. The molecule has 1 atom stereocenters. The first-order valence-corrected chi connectivity index (χ1v) is 9.14. The van der Waals surface area contributed by atoms with Crippen molar-refractivity contribution in [1.82, 2.24) is 4.98 Å². The third-order valence-electron chi connectivity index (χ3n) is 5.20. The SMILES string of the molecule is Cc1ccc2cccc(OC(=O)c3oc4c(c3C)C(O)CC(C)(C)C4)c2n1. The molecule has 0 amide bonds. The molecular weight excluding hydrogens is 342 g/mol. The lowest BCUT2D eigenvalue weighted by atomic mass is 9.75. The minimum absolute atomic E-state index is 0.0744. The molecule has 0 saturated heterocycles. The van der Waals surface area contributed by atoms with Gasteiger partial charge in [-0.15, -0.1) is 0 Å². The van der Waals surface area contributed by atoms with Crippen LogP contribution in [0.3, 0.4) is 0 Å². The zero-order chi connectivity index (χ0) is 19.3. The van der Waals surface area contributed by atoms with Crippen molar-refractivity contribution in [3.05, 3.63) is 58.7 Å². The van der Waals surface area contributed by atoms with Crippen LogP contribution in [0.15, 0.2) is 34.7 Å². The van der Waals surface area contributed by atoms with Crippen LogP contribution < -0.4 is 4.74 Å². The number of ether oxygens (including phenoxy) is 1. The topological polar surface area (TPSA) is 72.6 Å². The number of carbonyl (C=O) groups excluding carboxylic acids is 1. The number of esters is 1. The van der Waals surface area contributed by atoms with Gasteiger partial charge < -0.3 is 14.3 Å². The highest BCUT2D eigenvalue weighted by molar-refractivity contribution is 5.93. The Morgan fingerprint density at radius 1 is 1.26 bits per heavy atom. The maximum Gasteiger partial charge on any atom is 0.379 e. The Hall–Kier alpha value is -2.66. The molecular formula is C22H23NO4. The number of fused-ring (bicyclic) bond motifs is 2. The Labute approximate surface area is 158 Å². The number of rotatable bonds is 2. The summed E-state index contributed by atoms with van der Waals surface area (Å²) in [6.07, 6.45) is 0.695. The molecule has 0 aliphatic heterocycles. The van der Waals surface area contributed by atoms with Gasteiger partial charge in [-0.05, 0) is 37.8 Å². The second-order valence-corrected chi connectivity index (χ2v) is 8.12. The van der Waals surface area contributed by atoms with Gasteiger partial charge in [0.1, 0.15) is 11.3 Å². The normalized spacial score (nSPS) is 18.3. The molecule has 1 N–H and O–H groups in total. The zero-order valence-electron chi connectivity index (χ0n) is 16.0. The van der Waals surface area contributed by atoms with E-state index in [2.05, 4.69) is 18.8 Å². The summed E-state index contributed by atoms with van der Waals surface area (Å²) >= 11 is 0. The summed E-state index contributed by atoms with van der Waals surface area (Å²) in [5.74, 6) is 0.662. The van der Waals surface area contributed by atoms with Crippen LogP contribution in [0.1, 0.15) is 59.5 Å². The van der Waals surface area contributed by atoms with Gasteiger partial charge in [0.05, 0.1) is 6.10 Å². The summed E-state index contributed by atoms with van der Waals surface area (Å²) < 4.78 is 11.5. The lowest BCUT2D eigenvalue weighted by Crippen LogP contribution is -2.24. The van der Waals surface area contributed by atoms with Crippen molar-refractivity contribution in [2.45, 2.75) is 46.6 Å². The van der Waals surface area contributed by atoms with Crippen LogP contribution in [0.5, 0.6) is 5.75 Å². The van der Waals surface area contributed by atoms with Crippen LogP contribution in [0.4, 0.5) is 0 Å². The number of benzene rings is 1. The lowest BCUT2D eigenvalue weighted by Gasteiger charge is -2.31. The average molecular weight is 365 g/mol. The summed E-state index contributed by atoms with van der Waals surface area (Å²) in [6.45, 7) is 7.86. The van der Waals surface area contributed by atoms with E-state index in [1.54, 1.807) is 13.0 Å². The van der Waals surface area contributed by atoms with Crippen molar-refractivity contribution >= 4 is 16.9 Å². The highest BCUT2D eigenvalue weighted by Gasteiger charge is 2.37. The van der Waals surface area contributed by atoms with E-state index >= 15 is 0 Å². The molecule has 5 heteroatoms. The number of para-hydroxylation sites is 1. The van der Waals surface area contributed by atoms with Crippen molar-refractivity contribution in [3.63, 3.8) is 0 Å². The second kappa shape index (κ2) is 6.20. The van der Waals surface area contributed by atoms with Gasteiger partial charge in [-0.1, -0.05) is 32.0 Å². The van der Waals surface area contributed by atoms with E-state index in [-0.39, 0.29) is 11.2 Å². The van der Waals surface area contributed by atoms with E-state index in [4.69, 9.17) is 9.15 Å². The molecule has 0 radical (unpaired) electrons. The summed E-state index contributed by atoms with van der Waals surface area (Å²) in [7, 11) is 0. The van der Waals surface area contributed by atoms with Gasteiger partial charge >= 0.3 is 5.97 Å². The van der Waals surface area contributed by atoms with E-state index in [0.717, 1.165) is 16.6 Å². The monoisotopic (exact) mass is 365 g/mol. The van der Waals surface area contributed by atoms with Crippen molar-refractivity contribution in [2.75, 3.05) is 0 Å². The van der Waals surface area contributed by atoms with Crippen LogP contribution >= 0.6 is 0 Å². The van der Waals surface area contributed by atoms with Crippen LogP contribution in [-0.2, 0) is 6.42 Å². The molecule has 0 bridgehead atoms. The van der Waals surface area contributed by atoms with E-state index in [1.165, 1.54) is 0 Å². The fraction of sp³-hybridized carbons (Fsp3) is 0.364. The third-order valence-corrected chi connectivity index (χ3v) is 5.20. The fourth-order valence-electron chi connectivity index (χ4n) is 3.93. The molecule has 1 aromatic carbocycles. The fourth-order valence-corrected chi connectivity index (χ4v) is 3.93. The Balaban J connectivity index is 1.70. The minimum atomic E-state index is -0.629. The van der Waals surface area contributed by atoms with Crippen LogP contribution in [0, 0.1) is 19.3 Å². The number of furan rings is 1. The van der Waals surface area contributed by atoms with Crippen LogP contribution in [-0.4, -0.2) is 16.1 Å². The Kier molecular flexibility index (Phi) is 4.07. The minimum Gasteiger partial charge on any atom is -0.453 e. The van der Waals surface area contributed by atoms with E-state index < -0.39 is 12.1 Å². The molecule has 0 spiro atoms. The highest BCUT2D eigenvalue weighted by atomic mass is 16.5. The number of carbonyl (C=O) groups is 1. The quantitative estimate of drug-likeness (QED) is 0.528. The second-order valence-electron chi connectivity index (χ2n) is 8.12. The van der Waals surface area contributed by atoms with Crippen molar-refractivity contribution in [2.24, 2.45) is 5.41 Å². The first-order valence-electron chi connectivity index (χ1n) is 9.14. The predicted molar refractivity (Wildman–Crippen MR) is 102 cm³/mol. The van der Waals surface area contributed by atoms with Gasteiger partial charge in [0.25, 0.3) is 0 Å². The van der Waals surface area contributed by atoms with Gasteiger partial charge in [-0.3, -0.25) is 0 Å². The number of aryl methyl sites for hydroxylation is 1. The van der Waals surface area contributed by atoms with Gasteiger partial charge in [-0.2, -0.15) is 0 Å². The number of nitrogens with zero attached hydrogens (tertiary/aromatic N) is 1. The number of hydrogen-bond acceptors (Lipinski definition) is 5. The molecule has 0 fully saturated rings. The Bertz CT molecular complexity index is 1050. The highest BCUT2D eigenvalue weighted by Crippen LogP contribution is 2.44. The van der Waals surface area contributed by atoms with Crippen molar-refractivity contribution in [3.8, 4) is 5.75 Å². The molecule has 0 saturated carbocycles. The molecule has 1 unspecified atom stereocenters. The first-order chi connectivity index (χ1) is 12.7. The number of aliphatic hydroxyl groups excluding tert-OH is 1. The van der Waals surface area contributed by atoms with E-state index in [1.807, 2.05) is 31.2 Å². The Morgan fingerprint density at radius 2 is 2.04 bits per heavy atom. The third kappa shape index (κ3) is 3.12. The first kappa shape index (κ1) is 17.7. The van der Waals surface area contributed by atoms with E-state index in [9.17, 15) is 9.90 Å².